The molecule has 2 heterocycles. The highest BCUT2D eigenvalue weighted by molar-refractivity contribution is 5.90. The molecule has 1 amide bonds. The van der Waals surface area contributed by atoms with Crippen LogP contribution in [0.2, 0.25) is 0 Å². The smallest absolute Gasteiger partial charge is 0.234 e. The molecule has 0 radical (unpaired) electrons. The molecule has 0 atom stereocenters. The summed E-state index contributed by atoms with van der Waals surface area (Å²) >= 11 is 0. The molecule has 0 spiro atoms. The van der Waals surface area contributed by atoms with E-state index in [1.54, 1.807) is 0 Å². The van der Waals surface area contributed by atoms with Gasteiger partial charge in [-0.25, -0.2) is 0 Å². The van der Waals surface area contributed by atoms with Gasteiger partial charge in [0.05, 0.1) is 11.4 Å². The highest BCUT2D eigenvalue weighted by Crippen LogP contribution is 2.19. The molecule has 0 aliphatic heterocycles. The number of carbonyl (C=O) groups excluding carboxylic acids is 1. The monoisotopic (exact) mass is 277 g/mol. The van der Waals surface area contributed by atoms with Crippen molar-refractivity contribution in [2.75, 3.05) is 5.32 Å². The van der Waals surface area contributed by atoms with Crippen LogP contribution in [-0.2, 0) is 17.6 Å². The molecule has 0 aliphatic carbocycles. The number of rotatable bonds is 5. The molecular weight excluding hydrogens is 258 g/mol. The van der Waals surface area contributed by atoms with Gasteiger partial charge in [0.1, 0.15) is 5.76 Å². The third-order valence-corrected chi connectivity index (χ3v) is 3.39. The first-order chi connectivity index (χ1) is 9.52. The van der Waals surface area contributed by atoms with Crippen LogP contribution >= 0.6 is 0 Å². The molecule has 1 N–H and O–H groups in total. The molecule has 108 valence electrons. The fourth-order valence-electron chi connectivity index (χ4n) is 2.10. The molecule has 0 aliphatic rings. The third kappa shape index (κ3) is 2.89. The minimum absolute atomic E-state index is 0.105. The first-order valence-corrected chi connectivity index (χ1v) is 6.69. The molecule has 6 heteroatoms. The van der Waals surface area contributed by atoms with E-state index in [4.69, 9.17) is 9.05 Å². The van der Waals surface area contributed by atoms with Gasteiger partial charge >= 0.3 is 0 Å². The maximum Gasteiger partial charge on any atom is 0.234 e. The number of amides is 1. The molecule has 20 heavy (non-hydrogen) atoms. The Bertz CT molecular complexity index is 594. The number of hydrogen-bond donors (Lipinski definition) is 1. The second kappa shape index (κ2) is 5.90. The Morgan fingerprint density at radius 1 is 1.20 bits per heavy atom. The molecule has 0 saturated carbocycles. The first kappa shape index (κ1) is 14.3. The van der Waals surface area contributed by atoms with Gasteiger partial charge in [0.15, 0.2) is 0 Å². The van der Waals surface area contributed by atoms with Crippen LogP contribution in [0.25, 0.3) is 0 Å². The maximum absolute atomic E-state index is 11.9. The fraction of sp³-hybridized carbons (Fsp3) is 0.500. The Balaban J connectivity index is 1.94. The molecule has 2 rings (SSSR count). The van der Waals surface area contributed by atoms with Gasteiger partial charge in [0.2, 0.25) is 11.8 Å². The second-order valence-corrected chi connectivity index (χ2v) is 4.79. The average Bonchev–Trinajstić information content (AvgIpc) is 2.92. The number of nitrogens with zero attached hydrogens (tertiary/aromatic N) is 2. The minimum Gasteiger partial charge on any atom is -0.361 e. The summed E-state index contributed by atoms with van der Waals surface area (Å²) in [5, 5.41) is 10.5. The van der Waals surface area contributed by atoms with E-state index in [1.165, 1.54) is 0 Å². The first-order valence-electron chi connectivity index (χ1n) is 6.69. The summed E-state index contributed by atoms with van der Waals surface area (Å²) in [6, 6.07) is 0. The molecule has 0 bridgehead atoms. The number of carbonyl (C=O) groups is 1. The summed E-state index contributed by atoms with van der Waals surface area (Å²) in [7, 11) is 0. The Hall–Kier alpha value is -2.11. The van der Waals surface area contributed by atoms with Crippen LogP contribution in [0.3, 0.4) is 0 Å². The van der Waals surface area contributed by atoms with Crippen LogP contribution in [-0.4, -0.2) is 16.2 Å². The van der Waals surface area contributed by atoms with E-state index in [1.807, 2.05) is 27.7 Å². The van der Waals surface area contributed by atoms with Crippen molar-refractivity contribution in [3.63, 3.8) is 0 Å². The second-order valence-electron chi connectivity index (χ2n) is 4.79. The van der Waals surface area contributed by atoms with Crippen molar-refractivity contribution in [2.24, 2.45) is 0 Å². The molecule has 0 aromatic carbocycles. The van der Waals surface area contributed by atoms with E-state index < -0.39 is 0 Å². The maximum atomic E-state index is 11.9. The number of nitrogens with one attached hydrogen (secondary N) is 1. The van der Waals surface area contributed by atoms with Crippen molar-refractivity contribution in [3.05, 3.63) is 28.3 Å². The van der Waals surface area contributed by atoms with Gasteiger partial charge in [-0.1, -0.05) is 17.2 Å². The summed E-state index contributed by atoms with van der Waals surface area (Å²) in [6.45, 7) is 7.60. The lowest BCUT2D eigenvalue weighted by molar-refractivity contribution is -0.116. The van der Waals surface area contributed by atoms with Crippen LogP contribution in [0, 0.1) is 20.8 Å². The van der Waals surface area contributed by atoms with Crippen molar-refractivity contribution >= 4 is 11.8 Å². The topological polar surface area (TPSA) is 81.2 Å². The predicted molar refractivity (Wildman–Crippen MR) is 73.5 cm³/mol. The number of anilines is 1. The van der Waals surface area contributed by atoms with Crippen molar-refractivity contribution in [2.45, 2.75) is 47.0 Å². The van der Waals surface area contributed by atoms with Crippen LogP contribution in [0.4, 0.5) is 5.88 Å². The summed E-state index contributed by atoms with van der Waals surface area (Å²) in [5.41, 5.74) is 3.58. The predicted octanol–water partition coefficient (Wildman–Crippen LogP) is 2.72. The number of aryl methyl sites for hydroxylation is 3. The molecule has 2 aromatic heterocycles. The zero-order valence-corrected chi connectivity index (χ0v) is 12.2. The lowest BCUT2D eigenvalue weighted by Gasteiger charge is -2.02. The minimum atomic E-state index is -0.105. The summed E-state index contributed by atoms with van der Waals surface area (Å²) in [6.07, 6.45) is 1.73. The van der Waals surface area contributed by atoms with E-state index >= 15 is 0 Å². The van der Waals surface area contributed by atoms with E-state index in [0.717, 1.165) is 34.7 Å². The number of hydrogen-bond acceptors (Lipinski definition) is 5. The van der Waals surface area contributed by atoms with Gasteiger partial charge in [0.25, 0.3) is 0 Å². The zero-order valence-electron chi connectivity index (χ0n) is 12.2. The van der Waals surface area contributed by atoms with Crippen molar-refractivity contribution in [3.8, 4) is 0 Å². The molecular formula is C14H19N3O3. The molecule has 6 nitrogen and oxygen atoms in total. The van der Waals surface area contributed by atoms with Crippen molar-refractivity contribution < 1.29 is 13.8 Å². The Morgan fingerprint density at radius 3 is 2.50 bits per heavy atom. The van der Waals surface area contributed by atoms with Gasteiger partial charge in [-0.05, 0) is 33.6 Å². The van der Waals surface area contributed by atoms with Gasteiger partial charge in [-0.3, -0.25) is 10.1 Å². The number of aromatic nitrogens is 2. The SMILES string of the molecule is CCc1noc(NC(=O)CCc2c(C)noc2C)c1C. The van der Waals surface area contributed by atoms with Crippen LogP contribution in [0.5, 0.6) is 0 Å². The van der Waals surface area contributed by atoms with Crippen LogP contribution < -0.4 is 5.32 Å². The highest BCUT2D eigenvalue weighted by Gasteiger charge is 2.15. The normalized spacial score (nSPS) is 10.8. The van der Waals surface area contributed by atoms with Crippen molar-refractivity contribution in [1.82, 2.24) is 10.3 Å². The summed E-state index contributed by atoms with van der Waals surface area (Å²) in [4.78, 5) is 11.9. The molecule has 0 saturated heterocycles. The van der Waals surface area contributed by atoms with E-state index in [0.29, 0.717) is 18.7 Å². The molecule has 2 aromatic rings. The largest absolute Gasteiger partial charge is 0.361 e. The summed E-state index contributed by atoms with van der Waals surface area (Å²) < 4.78 is 10.2. The molecule has 0 fully saturated rings. The van der Waals surface area contributed by atoms with Crippen molar-refractivity contribution in [1.29, 1.82) is 0 Å². The molecule has 0 unspecified atom stereocenters. The zero-order chi connectivity index (χ0) is 14.7. The Morgan fingerprint density at radius 2 is 1.95 bits per heavy atom. The highest BCUT2D eigenvalue weighted by atomic mass is 16.5. The van der Waals surface area contributed by atoms with Gasteiger partial charge < -0.3 is 9.05 Å². The summed E-state index contributed by atoms with van der Waals surface area (Å²) in [5.74, 6) is 1.09. The van der Waals surface area contributed by atoms with Gasteiger partial charge in [-0.15, -0.1) is 0 Å². The van der Waals surface area contributed by atoms with E-state index in [2.05, 4.69) is 15.6 Å². The third-order valence-electron chi connectivity index (χ3n) is 3.39. The Kier molecular flexibility index (Phi) is 4.22. The lowest BCUT2D eigenvalue weighted by Crippen LogP contribution is -2.13. The van der Waals surface area contributed by atoms with Crippen LogP contribution in [0.15, 0.2) is 9.05 Å². The Labute approximate surface area is 117 Å². The quantitative estimate of drug-likeness (QED) is 0.908. The fourth-order valence-corrected chi connectivity index (χ4v) is 2.10. The van der Waals surface area contributed by atoms with Gasteiger partial charge in [0, 0.05) is 17.5 Å². The average molecular weight is 277 g/mol. The van der Waals surface area contributed by atoms with E-state index in [9.17, 15) is 4.79 Å². The lowest BCUT2D eigenvalue weighted by atomic mass is 10.1. The van der Waals surface area contributed by atoms with Gasteiger partial charge in [-0.2, -0.15) is 0 Å². The van der Waals surface area contributed by atoms with Crippen LogP contribution in [0.1, 0.15) is 41.6 Å². The van der Waals surface area contributed by atoms with E-state index in [-0.39, 0.29) is 5.91 Å². The standard InChI is InChI=1S/C14H19N3O3/c1-5-12-8(2)14(20-17-12)15-13(18)7-6-11-9(3)16-19-10(11)4/h5-7H2,1-4H3,(H,15,18).